The number of hydrogen-bond donors (Lipinski definition) is 3. The molecule has 0 aromatic heterocycles. The second-order valence-electron chi connectivity index (χ2n) is 10.3. The Balaban J connectivity index is 1.74. The van der Waals surface area contributed by atoms with Gasteiger partial charge in [-0.25, -0.2) is 0 Å². The normalized spacial score (nSPS) is 26.2. The lowest BCUT2D eigenvalue weighted by molar-refractivity contribution is -0.143. The van der Waals surface area contributed by atoms with Crippen molar-refractivity contribution in [1.29, 1.82) is 0 Å². The molecule has 2 aromatic rings. The Kier molecular flexibility index (Phi) is 7.79. The van der Waals surface area contributed by atoms with Gasteiger partial charge < -0.3 is 20.6 Å². The van der Waals surface area contributed by atoms with Crippen molar-refractivity contribution < 1.29 is 19.5 Å². The molecule has 1 aliphatic heterocycles. The van der Waals surface area contributed by atoms with Gasteiger partial charge in [0, 0.05) is 18.7 Å². The van der Waals surface area contributed by atoms with Gasteiger partial charge in [0.15, 0.2) is 0 Å². The molecule has 1 fully saturated rings. The van der Waals surface area contributed by atoms with Crippen LogP contribution in [-0.2, 0) is 14.4 Å². The van der Waals surface area contributed by atoms with Crippen LogP contribution in [0, 0.1) is 29.6 Å². The molecule has 6 atom stereocenters. The number of carbonyl (C=O) groups excluding carboxylic acids is 3. The van der Waals surface area contributed by atoms with E-state index in [1.54, 1.807) is 11.9 Å². The van der Waals surface area contributed by atoms with Gasteiger partial charge in [0.2, 0.25) is 17.7 Å². The first-order chi connectivity index (χ1) is 17.3. The third-order valence-electron chi connectivity index (χ3n) is 7.82. The van der Waals surface area contributed by atoms with Crippen LogP contribution in [0.15, 0.2) is 54.6 Å². The molecule has 2 aromatic carbocycles. The molecule has 0 saturated carbocycles. The molecule has 3 N–H and O–H groups in total. The number of benzene rings is 2. The second kappa shape index (κ2) is 10.8. The molecule has 4 rings (SSSR count). The van der Waals surface area contributed by atoms with E-state index in [0.717, 1.165) is 23.6 Å². The summed E-state index contributed by atoms with van der Waals surface area (Å²) < 4.78 is 0. The predicted molar refractivity (Wildman–Crippen MR) is 141 cm³/mol. The number of hydrogen-bond acceptors (Lipinski definition) is 4. The maximum atomic E-state index is 14.0. The van der Waals surface area contributed by atoms with Crippen LogP contribution in [0.2, 0.25) is 0 Å². The molecule has 1 saturated heterocycles. The summed E-state index contributed by atoms with van der Waals surface area (Å²) >= 11 is 0. The summed E-state index contributed by atoms with van der Waals surface area (Å²) in [5.74, 6) is -2.51. The van der Waals surface area contributed by atoms with E-state index in [4.69, 9.17) is 0 Å². The molecule has 192 valence electrons. The number of rotatable bonds is 8. The number of carbonyl (C=O) groups is 3. The minimum absolute atomic E-state index is 0.0658. The first kappa shape index (κ1) is 25.9. The van der Waals surface area contributed by atoms with Crippen molar-refractivity contribution in [3.8, 4) is 0 Å². The molecule has 0 spiro atoms. The Morgan fingerprint density at radius 2 is 1.78 bits per heavy atom. The van der Waals surface area contributed by atoms with Crippen molar-refractivity contribution in [3.63, 3.8) is 0 Å². The molecule has 3 amide bonds. The van der Waals surface area contributed by atoms with E-state index < -0.39 is 29.8 Å². The summed E-state index contributed by atoms with van der Waals surface area (Å²) in [6.07, 6.45) is 5.64. The first-order valence-corrected chi connectivity index (χ1v) is 12.9. The van der Waals surface area contributed by atoms with Crippen LogP contribution in [0.3, 0.4) is 0 Å². The maximum absolute atomic E-state index is 14.0. The van der Waals surface area contributed by atoms with E-state index in [1.807, 2.05) is 68.5 Å². The molecule has 7 heteroatoms. The highest BCUT2D eigenvalue weighted by Gasteiger charge is 2.58. The number of fused-ring (bicyclic) bond motifs is 2. The van der Waals surface area contributed by atoms with E-state index in [0.29, 0.717) is 5.69 Å². The summed E-state index contributed by atoms with van der Waals surface area (Å²) in [5.41, 5.74) is 0.645. The molecule has 1 aliphatic carbocycles. The average Bonchev–Trinajstić information content (AvgIpc) is 3.16. The van der Waals surface area contributed by atoms with E-state index in [1.165, 1.54) is 0 Å². The number of allylic oxidation sites excluding steroid dienone is 1. The monoisotopic (exact) mass is 491 g/mol. The summed E-state index contributed by atoms with van der Waals surface area (Å²) in [7, 11) is 1.59. The Hall–Kier alpha value is -3.19. The summed E-state index contributed by atoms with van der Waals surface area (Å²) in [6.45, 7) is 5.67. The van der Waals surface area contributed by atoms with Crippen LogP contribution >= 0.6 is 0 Å². The molecule has 7 nitrogen and oxygen atoms in total. The second-order valence-corrected chi connectivity index (χ2v) is 10.3. The summed E-state index contributed by atoms with van der Waals surface area (Å²) in [6, 6.07) is 12.3. The quantitative estimate of drug-likeness (QED) is 0.492. The largest absolute Gasteiger partial charge is 0.394 e. The highest BCUT2D eigenvalue weighted by Crippen LogP contribution is 2.46. The van der Waals surface area contributed by atoms with Crippen molar-refractivity contribution in [2.45, 2.75) is 45.7 Å². The predicted octanol–water partition coefficient (Wildman–Crippen LogP) is 3.59. The van der Waals surface area contributed by atoms with E-state index in [9.17, 15) is 19.5 Å². The van der Waals surface area contributed by atoms with Gasteiger partial charge in [0.25, 0.3) is 0 Å². The molecule has 1 heterocycles. The third-order valence-corrected chi connectivity index (χ3v) is 7.82. The van der Waals surface area contributed by atoms with Gasteiger partial charge in [-0.15, -0.1) is 0 Å². The van der Waals surface area contributed by atoms with Gasteiger partial charge in [-0.05, 0) is 41.2 Å². The van der Waals surface area contributed by atoms with Crippen molar-refractivity contribution in [2.24, 2.45) is 29.6 Å². The molecular formula is C29H37N3O4. The number of amides is 3. The van der Waals surface area contributed by atoms with Crippen molar-refractivity contribution in [3.05, 3.63) is 54.6 Å². The fourth-order valence-electron chi connectivity index (χ4n) is 6.04. The van der Waals surface area contributed by atoms with Crippen LogP contribution in [0.5, 0.6) is 0 Å². The van der Waals surface area contributed by atoms with Crippen LogP contribution < -0.4 is 10.6 Å². The van der Waals surface area contributed by atoms with E-state index in [-0.39, 0.29) is 36.2 Å². The Bertz CT molecular complexity index is 1160. The molecule has 0 unspecified atom stereocenters. The third kappa shape index (κ3) is 4.64. The molecular weight excluding hydrogens is 454 g/mol. The van der Waals surface area contributed by atoms with Crippen LogP contribution in [0.1, 0.15) is 33.6 Å². The lowest BCUT2D eigenvalue weighted by Crippen LogP contribution is -2.52. The molecule has 0 radical (unpaired) electrons. The lowest BCUT2D eigenvalue weighted by atomic mass is 9.68. The van der Waals surface area contributed by atoms with Gasteiger partial charge in [-0.2, -0.15) is 0 Å². The Labute approximate surface area is 212 Å². The van der Waals surface area contributed by atoms with Crippen LogP contribution in [0.4, 0.5) is 5.69 Å². The smallest absolute Gasteiger partial charge is 0.247 e. The number of aliphatic hydroxyl groups is 1. The topological polar surface area (TPSA) is 98.7 Å². The number of aliphatic hydroxyl groups excluding tert-OH is 1. The van der Waals surface area contributed by atoms with Crippen molar-refractivity contribution >= 4 is 34.2 Å². The maximum Gasteiger partial charge on any atom is 0.247 e. The fourth-order valence-corrected chi connectivity index (χ4v) is 6.04. The van der Waals surface area contributed by atoms with Gasteiger partial charge in [-0.3, -0.25) is 14.4 Å². The highest BCUT2D eigenvalue weighted by molar-refractivity contribution is 6.03. The number of nitrogens with zero attached hydrogens (tertiary/aromatic N) is 1. The Morgan fingerprint density at radius 1 is 1.06 bits per heavy atom. The lowest BCUT2D eigenvalue weighted by Gasteiger charge is -2.35. The molecule has 0 bridgehead atoms. The van der Waals surface area contributed by atoms with Crippen molar-refractivity contribution in [1.82, 2.24) is 10.2 Å². The average molecular weight is 492 g/mol. The van der Waals surface area contributed by atoms with Crippen LogP contribution in [-0.4, -0.2) is 53.5 Å². The molecule has 2 aliphatic rings. The van der Waals surface area contributed by atoms with Gasteiger partial charge in [0.05, 0.1) is 24.5 Å². The minimum Gasteiger partial charge on any atom is -0.394 e. The standard InChI is InChI=1S/C29H37N3O4/c1-5-8-19-12-14-22-25(24(19)27(34)30-4)29(36)32(23(16-33)17(2)3)26(22)28(35)31-21-13-11-18-9-6-7-10-20(18)15-21/h6-7,9-15,17,19,22-26,33H,5,8,16H2,1-4H3,(H,30,34)(H,31,35)/t19-,22+,23+,24-,25-,26+/m1/s1. The van der Waals surface area contributed by atoms with Gasteiger partial charge in [0.1, 0.15) is 6.04 Å². The SMILES string of the molecule is CCC[C@@H]1C=C[C@H]2[C@@H](C(=O)N([C@@H](CO)C(C)C)[C@@H]2C(=O)Nc2ccc3ccccc3c2)[C@@H]1C(=O)NC. The van der Waals surface area contributed by atoms with Crippen LogP contribution in [0.25, 0.3) is 10.8 Å². The highest BCUT2D eigenvalue weighted by atomic mass is 16.3. The van der Waals surface area contributed by atoms with E-state index in [2.05, 4.69) is 17.6 Å². The minimum atomic E-state index is -0.820. The first-order valence-electron chi connectivity index (χ1n) is 12.9. The zero-order valence-corrected chi connectivity index (χ0v) is 21.5. The van der Waals surface area contributed by atoms with E-state index >= 15 is 0 Å². The zero-order valence-electron chi connectivity index (χ0n) is 21.5. The molecule has 36 heavy (non-hydrogen) atoms. The van der Waals surface area contributed by atoms with Gasteiger partial charge >= 0.3 is 0 Å². The number of anilines is 1. The Morgan fingerprint density at radius 3 is 2.42 bits per heavy atom. The van der Waals surface area contributed by atoms with Gasteiger partial charge in [-0.1, -0.05) is 69.7 Å². The summed E-state index contributed by atoms with van der Waals surface area (Å²) in [4.78, 5) is 42.4. The number of likely N-dealkylation sites (tertiary alicyclic amines) is 1. The van der Waals surface area contributed by atoms with Crippen molar-refractivity contribution in [2.75, 3.05) is 19.0 Å². The number of nitrogens with one attached hydrogen (secondary N) is 2. The fraction of sp³-hybridized carbons (Fsp3) is 0.483. The summed E-state index contributed by atoms with van der Waals surface area (Å²) in [5, 5.41) is 18.1. The zero-order chi connectivity index (χ0) is 26.0.